The predicted octanol–water partition coefficient (Wildman–Crippen LogP) is 2.12. The van der Waals surface area contributed by atoms with E-state index in [4.69, 9.17) is 10.5 Å². The fourth-order valence-corrected chi connectivity index (χ4v) is 1.87. The highest BCUT2D eigenvalue weighted by molar-refractivity contribution is 5.98. The predicted molar refractivity (Wildman–Crippen MR) is 68.5 cm³/mol. The molecule has 92 valence electrons. The maximum Gasteiger partial charge on any atom is 0.254 e. The Morgan fingerprint density at radius 3 is 2.89 bits per heavy atom. The number of aromatic nitrogens is 1. The number of amides is 1. The normalized spacial score (nSPS) is 14.7. The van der Waals surface area contributed by atoms with Crippen molar-refractivity contribution < 1.29 is 9.53 Å². The Balaban J connectivity index is 2.01. The number of carbonyl (C=O) groups is 1. The van der Waals surface area contributed by atoms with Crippen molar-refractivity contribution in [3.05, 3.63) is 35.9 Å². The van der Waals surface area contributed by atoms with Crippen LogP contribution < -0.4 is 10.5 Å². The number of nitrogens with zero attached hydrogens (tertiary/aromatic N) is 1. The Morgan fingerprint density at radius 1 is 1.39 bits per heavy atom. The van der Waals surface area contributed by atoms with Crippen molar-refractivity contribution in [2.24, 2.45) is 11.7 Å². The van der Waals surface area contributed by atoms with Crippen molar-refractivity contribution >= 4 is 16.8 Å². The highest BCUT2D eigenvalue weighted by Gasteiger charge is 2.23. The minimum Gasteiger partial charge on any atom is -0.477 e. The first-order chi connectivity index (χ1) is 8.74. The zero-order valence-corrected chi connectivity index (χ0v) is 9.93. The molecular formula is C14H14N2O2. The number of pyridine rings is 1. The quantitative estimate of drug-likeness (QED) is 0.893. The molecular weight excluding hydrogens is 228 g/mol. The average Bonchev–Trinajstić information content (AvgIpc) is 3.19. The van der Waals surface area contributed by atoms with Crippen molar-refractivity contribution in [1.82, 2.24) is 4.98 Å². The lowest BCUT2D eigenvalue weighted by atomic mass is 10.1. The molecule has 1 aromatic heterocycles. The number of para-hydroxylation sites is 1. The molecule has 0 atom stereocenters. The average molecular weight is 242 g/mol. The lowest BCUT2D eigenvalue weighted by molar-refractivity contribution is 0.0995. The van der Waals surface area contributed by atoms with Crippen molar-refractivity contribution in [2.45, 2.75) is 12.8 Å². The molecule has 0 aliphatic heterocycles. The van der Waals surface area contributed by atoms with Gasteiger partial charge in [0.1, 0.15) is 5.56 Å². The Labute approximate surface area is 105 Å². The number of rotatable bonds is 4. The Hall–Kier alpha value is -2.10. The number of fused-ring (bicyclic) bond motifs is 1. The molecule has 1 amide bonds. The van der Waals surface area contributed by atoms with E-state index in [1.54, 1.807) is 6.07 Å². The molecule has 3 rings (SSSR count). The van der Waals surface area contributed by atoms with Gasteiger partial charge in [0.05, 0.1) is 12.1 Å². The molecule has 0 unspecified atom stereocenters. The Bertz CT molecular complexity index is 606. The zero-order chi connectivity index (χ0) is 12.5. The van der Waals surface area contributed by atoms with Crippen LogP contribution in [0.2, 0.25) is 0 Å². The molecule has 1 aromatic carbocycles. The van der Waals surface area contributed by atoms with Crippen LogP contribution in [0.1, 0.15) is 23.2 Å². The van der Waals surface area contributed by atoms with E-state index in [9.17, 15) is 4.79 Å². The van der Waals surface area contributed by atoms with Crippen molar-refractivity contribution in [2.75, 3.05) is 6.61 Å². The summed E-state index contributed by atoms with van der Waals surface area (Å²) in [4.78, 5) is 15.8. The van der Waals surface area contributed by atoms with Gasteiger partial charge in [-0.25, -0.2) is 4.98 Å². The third-order valence-corrected chi connectivity index (χ3v) is 3.11. The van der Waals surface area contributed by atoms with E-state index in [0.717, 1.165) is 10.9 Å². The van der Waals surface area contributed by atoms with Crippen LogP contribution in [0, 0.1) is 5.92 Å². The second kappa shape index (κ2) is 4.29. The number of ether oxygens (including phenoxy) is 1. The summed E-state index contributed by atoms with van der Waals surface area (Å²) in [5, 5.41) is 0.894. The van der Waals surface area contributed by atoms with Crippen LogP contribution in [0.3, 0.4) is 0 Å². The Morgan fingerprint density at radius 2 is 2.17 bits per heavy atom. The van der Waals surface area contributed by atoms with Crippen LogP contribution in [0.25, 0.3) is 10.9 Å². The molecule has 2 N–H and O–H groups in total. The van der Waals surface area contributed by atoms with E-state index >= 15 is 0 Å². The lowest BCUT2D eigenvalue weighted by Crippen LogP contribution is -2.15. The number of hydrogen-bond donors (Lipinski definition) is 1. The maximum absolute atomic E-state index is 11.4. The summed E-state index contributed by atoms with van der Waals surface area (Å²) in [6, 6.07) is 9.35. The van der Waals surface area contributed by atoms with Crippen molar-refractivity contribution in [1.29, 1.82) is 0 Å². The fourth-order valence-electron chi connectivity index (χ4n) is 1.87. The molecule has 1 heterocycles. The smallest absolute Gasteiger partial charge is 0.254 e. The SMILES string of the molecule is NC(=O)c1cc2ccccc2nc1OCC1CC1. The van der Waals surface area contributed by atoms with E-state index in [1.165, 1.54) is 12.8 Å². The summed E-state index contributed by atoms with van der Waals surface area (Å²) in [5.41, 5.74) is 6.54. The largest absolute Gasteiger partial charge is 0.477 e. The maximum atomic E-state index is 11.4. The molecule has 0 radical (unpaired) electrons. The third kappa shape index (κ3) is 2.14. The first kappa shape index (κ1) is 11.0. The molecule has 2 aromatic rings. The molecule has 1 aliphatic rings. The van der Waals surface area contributed by atoms with E-state index in [2.05, 4.69) is 4.98 Å². The summed E-state index contributed by atoms with van der Waals surface area (Å²) < 4.78 is 5.62. The van der Waals surface area contributed by atoms with Crippen LogP contribution in [0.5, 0.6) is 5.88 Å². The first-order valence-corrected chi connectivity index (χ1v) is 6.06. The first-order valence-electron chi connectivity index (χ1n) is 6.06. The molecule has 4 nitrogen and oxygen atoms in total. The van der Waals surface area contributed by atoms with E-state index in [1.807, 2.05) is 24.3 Å². The third-order valence-electron chi connectivity index (χ3n) is 3.11. The molecule has 0 spiro atoms. The van der Waals surface area contributed by atoms with Crippen molar-refractivity contribution in [3.63, 3.8) is 0 Å². The highest BCUT2D eigenvalue weighted by Crippen LogP contribution is 2.30. The lowest BCUT2D eigenvalue weighted by Gasteiger charge is -2.09. The number of nitrogens with two attached hydrogens (primary N) is 1. The molecule has 1 saturated carbocycles. The molecule has 1 fully saturated rings. The van der Waals surface area contributed by atoms with Gasteiger partial charge in [0, 0.05) is 5.39 Å². The van der Waals surface area contributed by atoms with Gasteiger partial charge in [0.2, 0.25) is 5.88 Å². The highest BCUT2D eigenvalue weighted by atomic mass is 16.5. The second-order valence-electron chi connectivity index (χ2n) is 4.65. The minimum absolute atomic E-state index is 0.355. The Kier molecular flexibility index (Phi) is 2.63. The number of benzene rings is 1. The van der Waals surface area contributed by atoms with Gasteiger partial charge in [-0.1, -0.05) is 18.2 Å². The van der Waals surface area contributed by atoms with Crippen LogP contribution >= 0.6 is 0 Å². The van der Waals surface area contributed by atoms with Crippen LogP contribution in [0.15, 0.2) is 30.3 Å². The number of primary amides is 1. The molecule has 0 bridgehead atoms. The second-order valence-corrected chi connectivity index (χ2v) is 4.65. The summed E-state index contributed by atoms with van der Waals surface area (Å²) in [6.07, 6.45) is 2.39. The summed E-state index contributed by atoms with van der Waals surface area (Å²) in [7, 11) is 0. The van der Waals surface area contributed by atoms with E-state index < -0.39 is 5.91 Å². The van der Waals surface area contributed by atoms with E-state index in [0.29, 0.717) is 24.0 Å². The standard InChI is InChI=1S/C14H14N2O2/c15-13(17)11-7-10-3-1-2-4-12(10)16-14(11)18-8-9-5-6-9/h1-4,7,9H,5-6,8H2,(H2,15,17). The van der Waals surface area contributed by atoms with Gasteiger partial charge < -0.3 is 10.5 Å². The van der Waals surface area contributed by atoms with Gasteiger partial charge in [0.25, 0.3) is 5.91 Å². The molecule has 18 heavy (non-hydrogen) atoms. The van der Waals surface area contributed by atoms with Crippen molar-refractivity contribution in [3.8, 4) is 5.88 Å². The number of hydrogen-bond acceptors (Lipinski definition) is 3. The van der Waals surface area contributed by atoms with Gasteiger partial charge in [-0.3, -0.25) is 4.79 Å². The van der Waals surface area contributed by atoms with Gasteiger partial charge in [-0.05, 0) is 30.9 Å². The summed E-state index contributed by atoms with van der Waals surface area (Å²) in [5.74, 6) is 0.464. The van der Waals surface area contributed by atoms with Crippen LogP contribution in [0.4, 0.5) is 0 Å². The van der Waals surface area contributed by atoms with Crippen LogP contribution in [-0.4, -0.2) is 17.5 Å². The number of carbonyl (C=O) groups excluding carboxylic acids is 1. The molecule has 0 saturated heterocycles. The topological polar surface area (TPSA) is 65.2 Å². The molecule has 1 aliphatic carbocycles. The fraction of sp³-hybridized carbons (Fsp3) is 0.286. The monoisotopic (exact) mass is 242 g/mol. The minimum atomic E-state index is -0.501. The molecule has 4 heteroatoms. The summed E-state index contributed by atoms with van der Waals surface area (Å²) >= 11 is 0. The summed E-state index contributed by atoms with van der Waals surface area (Å²) in [6.45, 7) is 0.617. The van der Waals surface area contributed by atoms with Gasteiger partial charge in [-0.15, -0.1) is 0 Å². The zero-order valence-electron chi connectivity index (χ0n) is 9.93. The van der Waals surface area contributed by atoms with Gasteiger partial charge >= 0.3 is 0 Å². The van der Waals surface area contributed by atoms with Crippen LogP contribution in [-0.2, 0) is 0 Å². The van der Waals surface area contributed by atoms with E-state index in [-0.39, 0.29) is 0 Å². The van der Waals surface area contributed by atoms with Gasteiger partial charge in [0.15, 0.2) is 0 Å². The van der Waals surface area contributed by atoms with Gasteiger partial charge in [-0.2, -0.15) is 0 Å².